The van der Waals surface area contributed by atoms with Gasteiger partial charge in [0, 0.05) is 6.42 Å². The van der Waals surface area contributed by atoms with E-state index in [4.69, 9.17) is 9.47 Å². The van der Waals surface area contributed by atoms with Gasteiger partial charge in [0.15, 0.2) is 6.29 Å². The Labute approximate surface area is 357 Å². The van der Waals surface area contributed by atoms with Crippen molar-refractivity contribution < 1.29 is 39.8 Å². The summed E-state index contributed by atoms with van der Waals surface area (Å²) in [6, 6.07) is -0.711. The topological polar surface area (TPSA) is 149 Å². The van der Waals surface area contributed by atoms with Gasteiger partial charge in [-0.25, -0.2) is 0 Å². The summed E-state index contributed by atoms with van der Waals surface area (Å²) in [5.74, 6) is -0.140. The lowest BCUT2D eigenvalue weighted by molar-refractivity contribution is -0.302. The van der Waals surface area contributed by atoms with Crippen molar-refractivity contribution in [2.75, 3.05) is 13.2 Å². The highest BCUT2D eigenvalue weighted by Crippen LogP contribution is 2.23. The molecule has 1 aliphatic heterocycles. The molecule has 1 saturated heterocycles. The van der Waals surface area contributed by atoms with Gasteiger partial charge in [0.1, 0.15) is 24.4 Å². The summed E-state index contributed by atoms with van der Waals surface area (Å²) in [6.45, 7) is 3.86. The average molecular weight is 828 g/mol. The number of hydrogen-bond acceptors (Lipinski definition) is 8. The molecule has 346 valence electrons. The SMILES string of the molecule is CCCCCCCCCCCCCCCCCCCCCCCC(O)C(COC1OC(CO)C(O)C(O)C1O)NC(=O)CCCCCCCCCCCCCCCC. The van der Waals surface area contributed by atoms with Crippen LogP contribution in [0.2, 0.25) is 0 Å². The zero-order valence-corrected chi connectivity index (χ0v) is 38.1. The van der Waals surface area contributed by atoms with Crippen molar-refractivity contribution >= 4 is 5.91 Å². The summed E-state index contributed by atoms with van der Waals surface area (Å²) < 4.78 is 11.3. The predicted molar refractivity (Wildman–Crippen MR) is 240 cm³/mol. The van der Waals surface area contributed by atoms with Crippen molar-refractivity contribution in [2.45, 2.75) is 294 Å². The quantitative estimate of drug-likeness (QED) is 0.0333. The second kappa shape index (κ2) is 40.3. The summed E-state index contributed by atoms with van der Waals surface area (Å²) in [5.41, 5.74) is 0. The van der Waals surface area contributed by atoms with Crippen molar-refractivity contribution in [3.63, 3.8) is 0 Å². The van der Waals surface area contributed by atoms with Crippen molar-refractivity contribution in [3.05, 3.63) is 0 Å². The highest BCUT2D eigenvalue weighted by atomic mass is 16.7. The van der Waals surface area contributed by atoms with E-state index in [9.17, 15) is 30.3 Å². The molecule has 1 fully saturated rings. The minimum Gasteiger partial charge on any atom is -0.394 e. The van der Waals surface area contributed by atoms with Crippen LogP contribution in [0.5, 0.6) is 0 Å². The zero-order chi connectivity index (χ0) is 42.3. The molecule has 1 aliphatic rings. The van der Waals surface area contributed by atoms with E-state index >= 15 is 0 Å². The third kappa shape index (κ3) is 30.3. The molecule has 1 rings (SSSR count). The highest BCUT2D eigenvalue weighted by Gasteiger charge is 2.44. The number of ether oxygens (including phenoxy) is 2. The average Bonchev–Trinajstić information content (AvgIpc) is 3.22. The Kier molecular flexibility index (Phi) is 38.3. The molecule has 6 N–H and O–H groups in total. The molecule has 0 aromatic heterocycles. The summed E-state index contributed by atoms with van der Waals surface area (Å²) in [7, 11) is 0. The molecule has 0 spiro atoms. The van der Waals surface area contributed by atoms with Gasteiger partial charge < -0.3 is 40.3 Å². The molecule has 7 unspecified atom stereocenters. The first-order valence-corrected chi connectivity index (χ1v) is 25.2. The Hall–Kier alpha value is -0.810. The van der Waals surface area contributed by atoms with Gasteiger partial charge in [0.25, 0.3) is 0 Å². The maximum Gasteiger partial charge on any atom is 0.220 e. The van der Waals surface area contributed by atoms with Crippen molar-refractivity contribution in [3.8, 4) is 0 Å². The molecule has 0 bridgehead atoms. The monoisotopic (exact) mass is 828 g/mol. The number of aliphatic hydroxyl groups is 5. The number of nitrogens with one attached hydrogen (secondary N) is 1. The van der Waals surface area contributed by atoms with Crippen molar-refractivity contribution in [1.29, 1.82) is 0 Å². The number of aliphatic hydroxyl groups excluding tert-OH is 5. The Balaban J connectivity index is 2.25. The van der Waals surface area contributed by atoms with E-state index in [1.54, 1.807) is 0 Å². The molecule has 0 aliphatic carbocycles. The third-order valence-corrected chi connectivity index (χ3v) is 12.5. The molecule has 9 heteroatoms. The number of unbranched alkanes of at least 4 members (excludes halogenated alkanes) is 33. The third-order valence-electron chi connectivity index (χ3n) is 12.5. The van der Waals surface area contributed by atoms with Crippen LogP contribution in [-0.2, 0) is 14.3 Å². The van der Waals surface area contributed by atoms with E-state index in [2.05, 4.69) is 19.2 Å². The van der Waals surface area contributed by atoms with Gasteiger partial charge in [-0.1, -0.05) is 232 Å². The van der Waals surface area contributed by atoms with Crippen LogP contribution in [0.3, 0.4) is 0 Å². The lowest BCUT2D eigenvalue weighted by Gasteiger charge is -2.40. The Morgan fingerprint density at radius 3 is 1.22 bits per heavy atom. The fraction of sp³-hybridized carbons (Fsp3) is 0.980. The van der Waals surface area contributed by atoms with Crippen LogP contribution >= 0.6 is 0 Å². The van der Waals surface area contributed by atoms with E-state index in [-0.39, 0.29) is 12.5 Å². The van der Waals surface area contributed by atoms with Crippen molar-refractivity contribution in [2.24, 2.45) is 0 Å². The Morgan fingerprint density at radius 2 is 0.862 bits per heavy atom. The number of rotatable bonds is 43. The largest absolute Gasteiger partial charge is 0.394 e. The van der Waals surface area contributed by atoms with Crippen LogP contribution in [0.25, 0.3) is 0 Å². The summed E-state index contributed by atoms with van der Waals surface area (Å²) in [6.07, 6.45) is 38.3. The smallest absolute Gasteiger partial charge is 0.220 e. The zero-order valence-electron chi connectivity index (χ0n) is 38.1. The molecule has 0 radical (unpaired) electrons. The molecule has 0 aromatic rings. The first-order valence-electron chi connectivity index (χ1n) is 25.2. The normalized spacial score (nSPS) is 20.7. The van der Waals surface area contributed by atoms with E-state index in [1.165, 1.54) is 186 Å². The van der Waals surface area contributed by atoms with Gasteiger partial charge in [-0.05, 0) is 12.8 Å². The lowest BCUT2D eigenvalue weighted by Crippen LogP contribution is -2.60. The van der Waals surface area contributed by atoms with Gasteiger partial charge in [-0.2, -0.15) is 0 Å². The van der Waals surface area contributed by atoms with E-state index in [0.29, 0.717) is 12.8 Å². The van der Waals surface area contributed by atoms with Crippen LogP contribution in [-0.4, -0.2) is 87.5 Å². The molecule has 58 heavy (non-hydrogen) atoms. The second-order valence-electron chi connectivity index (χ2n) is 18.0. The molecular weight excluding hydrogens is 731 g/mol. The van der Waals surface area contributed by atoms with Crippen LogP contribution in [0, 0.1) is 0 Å². The van der Waals surface area contributed by atoms with Crippen LogP contribution in [0.4, 0.5) is 0 Å². The van der Waals surface area contributed by atoms with Gasteiger partial charge in [-0.15, -0.1) is 0 Å². The van der Waals surface area contributed by atoms with E-state index in [1.807, 2.05) is 0 Å². The number of hydrogen-bond donors (Lipinski definition) is 6. The highest BCUT2D eigenvalue weighted by molar-refractivity contribution is 5.76. The molecule has 7 atom stereocenters. The van der Waals surface area contributed by atoms with Crippen LogP contribution < -0.4 is 5.32 Å². The van der Waals surface area contributed by atoms with Crippen LogP contribution in [0.15, 0.2) is 0 Å². The first-order chi connectivity index (χ1) is 28.3. The van der Waals surface area contributed by atoms with Crippen molar-refractivity contribution in [1.82, 2.24) is 5.32 Å². The fourth-order valence-corrected chi connectivity index (χ4v) is 8.40. The molecule has 0 aromatic carbocycles. The molecule has 0 saturated carbocycles. The fourth-order valence-electron chi connectivity index (χ4n) is 8.40. The molecule has 9 nitrogen and oxygen atoms in total. The Morgan fingerprint density at radius 1 is 0.517 bits per heavy atom. The maximum absolute atomic E-state index is 13.0. The van der Waals surface area contributed by atoms with Gasteiger partial charge >= 0.3 is 0 Å². The minimum atomic E-state index is -1.55. The standard InChI is InChI=1S/C49H97NO8/c1-3-5-7-9-11-13-15-17-19-20-21-22-23-24-25-26-28-30-32-34-36-38-43(52)42(41-57-49-48(56)47(55)46(54)44(40-51)58-49)50-45(53)39-37-35-33-31-29-27-18-16-14-12-10-8-6-4-2/h42-44,46-49,51-52,54-56H,3-41H2,1-2H3,(H,50,53). The molecular formula is C49H97NO8. The molecule has 1 amide bonds. The maximum atomic E-state index is 13.0. The minimum absolute atomic E-state index is 0.131. The number of amides is 1. The number of carbonyl (C=O) groups excluding carboxylic acids is 1. The summed E-state index contributed by atoms with van der Waals surface area (Å²) >= 11 is 0. The van der Waals surface area contributed by atoms with Gasteiger partial charge in [0.05, 0.1) is 25.4 Å². The van der Waals surface area contributed by atoms with Gasteiger partial charge in [0.2, 0.25) is 5.91 Å². The second-order valence-corrected chi connectivity index (χ2v) is 18.0. The summed E-state index contributed by atoms with van der Waals surface area (Å²) in [4.78, 5) is 13.0. The Bertz CT molecular complexity index is 878. The van der Waals surface area contributed by atoms with Crippen LogP contribution in [0.1, 0.15) is 251 Å². The van der Waals surface area contributed by atoms with Gasteiger partial charge in [-0.3, -0.25) is 4.79 Å². The first kappa shape index (κ1) is 55.2. The summed E-state index contributed by atoms with van der Waals surface area (Å²) in [5, 5.41) is 54.5. The predicted octanol–water partition coefficient (Wildman–Crippen LogP) is 11.1. The number of carbonyl (C=O) groups is 1. The lowest BCUT2D eigenvalue weighted by atomic mass is 9.99. The molecule has 1 heterocycles. The van der Waals surface area contributed by atoms with E-state index in [0.717, 1.165) is 38.5 Å². The van der Waals surface area contributed by atoms with E-state index < -0.39 is 49.5 Å².